The van der Waals surface area contributed by atoms with Gasteiger partial charge in [-0.05, 0) is 48.4 Å². The van der Waals surface area contributed by atoms with E-state index >= 15 is 0 Å². The summed E-state index contributed by atoms with van der Waals surface area (Å²) in [5.41, 5.74) is 2.39. The molecule has 1 unspecified atom stereocenters. The standard InChI is InChI=1S/C17H18BrCl2N/c1-2-21-11-14(12-4-3-5-16(19)9-12)8-13-6-7-15(18)10-17(13)20/h3-7,9-10,14,21H,2,8,11H2,1H3. The van der Waals surface area contributed by atoms with Crippen LogP contribution in [0.1, 0.15) is 24.0 Å². The minimum atomic E-state index is 0.349. The molecule has 0 spiro atoms. The first-order valence-electron chi connectivity index (χ1n) is 7.00. The molecule has 1 nitrogen and oxygen atoms in total. The highest BCUT2D eigenvalue weighted by Gasteiger charge is 2.14. The Morgan fingerprint density at radius 3 is 2.62 bits per heavy atom. The summed E-state index contributed by atoms with van der Waals surface area (Å²) < 4.78 is 1.00. The van der Waals surface area contributed by atoms with E-state index < -0.39 is 0 Å². The lowest BCUT2D eigenvalue weighted by atomic mass is 9.92. The summed E-state index contributed by atoms with van der Waals surface area (Å²) in [5.74, 6) is 0.349. The molecule has 0 saturated heterocycles. The van der Waals surface area contributed by atoms with Gasteiger partial charge < -0.3 is 5.32 Å². The molecule has 0 aliphatic heterocycles. The molecule has 0 aliphatic rings. The molecule has 0 radical (unpaired) electrons. The molecule has 0 amide bonds. The quantitative estimate of drug-likeness (QED) is 0.672. The molecule has 112 valence electrons. The third kappa shape index (κ3) is 5.00. The van der Waals surface area contributed by atoms with Crippen molar-refractivity contribution >= 4 is 39.1 Å². The van der Waals surface area contributed by atoms with E-state index in [1.54, 1.807) is 0 Å². The molecule has 0 aromatic heterocycles. The number of halogens is 3. The van der Waals surface area contributed by atoms with E-state index in [0.29, 0.717) is 5.92 Å². The van der Waals surface area contributed by atoms with Gasteiger partial charge in [-0.1, -0.05) is 64.3 Å². The zero-order valence-corrected chi connectivity index (χ0v) is 15.0. The Morgan fingerprint density at radius 2 is 1.95 bits per heavy atom. The van der Waals surface area contributed by atoms with E-state index in [-0.39, 0.29) is 0 Å². The van der Waals surface area contributed by atoms with Gasteiger partial charge in [-0.15, -0.1) is 0 Å². The summed E-state index contributed by atoms with van der Waals surface area (Å²) in [6, 6.07) is 14.1. The summed E-state index contributed by atoms with van der Waals surface area (Å²) in [4.78, 5) is 0. The first-order valence-corrected chi connectivity index (χ1v) is 8.55. The molecule has 0 bridgehead atoms. The molecular weight excluding hydrogens is 369 g/mol. The summed E-state index contributed by atoms with van der Waals surface area (Å²) in [6.45, 7) is 3.97. The van der Waals surface area contributed by atoms with Gasteiger partial charge in [0.2, 0.25) is 0 Å². The average molecular weight is 387 g/mol. The van der Waals surface area contributed by atoms with Crippen LogP contribution in [-0.2, 0) is 6.42 Å². The van der Waals surface area contributed by atoms with Crippen molar-refractivity contribution in [3.05, 3.63) is 68.1 Å². The van der Waals surface area contributed by atoms with Crippen LogP contribution in [0.3, 0.4) is 0 Å². The van der Waals surface area contributed by atoms with Gasteiger partial charge in [-0.2, -0.15) is 0 Å². The van der Waals surface area contributed by atoms with E-state index in [1.807, 2.05) is 30.3 Å². The number of rotatable bonds is 6. The molecule has 2 aromatic carbocycles. The lowest BCUT2D eigenvalue weighted by molar-refractivity contribution is 0.595. The zero-order valence-electron chi connectivity index (χ0n) is 11.9. The first kappa shape index (κ1) is 16.8. The molecule has 21 heavy (non-hydrogen) atoms. The van der Waals surface area contributed by atoms with E-state index in [9.17, 15) is 0 Å². The lowest BCUT2D eigenvalue weighted by Gasteiger charge is -2.19. The normalized spacial score (nSPS) is 12.4. The molecule has 2 rings (SSSR count). The van der Waals surface area contributed by atoms with Crippen LogP contribution in [0.25, 0.3) is 0 Å². The van der Waals surface area contributed by atoms with Crippen LogP contribution in [-0.4, -0.2) is 13.1 Å². The number of benzene rings is 2. The minimum Gasteiger partial charge on any atom is -0.316 e. The maximum absolute atomic E-state index is 6.35. The molecule has 1 N–H and O–H groups in total. The van der Waals surface area contributed by atoms with Crippen molar-refractivity contribution in [2.45, 2.75) is 19.3 Å². The van der Waals surface area contributed by atoms with Gasteiger partial charge in [0, 0.05) is 27.0 Å². The third-order valence-electron chi connectivity index (χ3n) is 3.44. The van der Waals surface area contributed by atoms with Crippen molar-refractivity contribution in [1.29, 1.82) is 0 Å². The van der Waals surface area contributed by atoms with Gasteiger partial charge in [0.25, 0.3) is 0 Å². The monoisotopic (exact) mass is 385 g/mol. The number of likely N-dealkylation sites (N-methyl/N-ethyl adjacent to an activating group) is 1. The van der Waals surface area contributed by atoms with Gasteiger partial charge in [0.15, 0.2) is 0 Å². The second-order valence-corrected chi connectivity index (χ2v) is 6.76. The fourth-order valence-electron chi connectivity index (χ4n) is 2.34. The fraction of sp³-hybridized carbons (Fsp3) is 0.294. The van der Waals surface area contributed by atoms with Crippen LogP contribution in [0.4, 0.5) is 0 Å². The molecule has 1 atom stereocenters. The zero-order chi connectivity index (χ0) is 15.2. The second kappa shape index (κ2) is 8.19. The Hall–Kier alpha value is -0.540. The Labute approximate surface area is 144 Å². The highest BCUT2D eigenvalue weighted by atomic mass is 79.9. The van der Waals surface area contributed by atoms with Crippen LogP contribution < -0.4 is 5.32 Å². The highest BCUT2D eigenvalue weighted by molar-refractivity contribution is 9.10. The van der Waals surface area contributed by atoms with Crippen LogP contribution in [0.15, 0.2) is 46.9 Å². The predicted molar refractivity (Wildman–Crippen MR) is 95.6 cm³/mol. The van der Waals surface area contributed by atoms with Crippen LogP contribution in [0.2, 0.25) is 10.0 Å². The van der Waals surface area contributed by atoms with E-state index in [1.165, 1.54) is 5.56 Å². The number of nitrogens with one attached hydrogen (secondary N) is 1. The van der Waals surface area contributed by atoms with Gasteiger partial charge in [-0.25, -0.2) is 0 Å². The van der Waals surface area contributed by atoms with E-state index in [4.69, 9.17) is 23.2 Å². The smallest absolute Gasteiger partial charge is 0.0449 e. The van der Waals surface area contributed by atoms with Crippen LogP contribution in [0.5, 0.6) is 0 Å². The van der Waals surface area contributed by atoms with Crippen molar-refractivity contribution in [2.75, 3.05) is 13.1 Å². The highest BCUT2D eigenvalue weighted by Crippen LogP contribution is 2.28. The number of hydrogen-bond donors (Lipinski definition) is 1. The second-order valence-electron chi connectivity index (χ2n) is 5.00. The Morgan fingerprint density at radius 1 is 1.14 bits per heavy atom. The molecule has 0 heterocycles. The van der Waals surface area contributed by atoms with Gasteiger partial charge in [0.1, 0.15) is 0 Å². The topological polar surface area (TPSA) is 12.0 Å². The first-order chi connectivity index (χ1) is 10.1. The number of hydrogen-bond acceptors (Lipinski definition) is 1. The van der Waals surface area contributed by atoms with E-state index in [2.05, 4.69) is 40.3 Å². The van der Waals surface area contributed by atoms with Crippen molar-refractivity contribution in [2.24, 2.45) is 0 Å². The van der Waals surface area contributed by atoms with Crippen molar-refractivity contribution in [1.82, 2.24) is 5.32 Å². The Bertz CT molecular complexity index is 601. The van der Waals surface area contributed by atoms with Gasteiger partial charge >= 0.3 is 0 Å². The van der Waals surface area contributed by atoms with Crippen LogP contribution >= 0.6 is 39.1 Å². The van der Waals surface area contributed by atoms with Gasteiger partial charge in [0.05, 0.1) is 0 Å². The average Bonchev–Trinajstić information content (AvgIpc) is 2.45. The molecule has 0 aliphatic carbocycles. The van der Waals surface area contributed by atoms with Crippen LogP contribution in [0, 0.1) is 0 Å². The minimum absolute atomic E-state index is 0.349. The largest absolute Gasteiger partial charge is 0.316 e. The summed E-state index contributed by atoms with van der Waals surface area (Å²) >= 11 is 15.9. The SMILES string of the molecule is CCNCC(Cc1ccc(Br)cc1Cl)c1cccc(Cl)c1. The van der Waals surface area contributed by atoms with Gasteiger partial charge in [-0.3, -0.25) is 0 Å². The lowest BCUT2D eigenvalue weighted by Crippen LogP contribution is -2.22. The maximum atomic E-state index is 6.35. The Balaban J connectivity index is 2.23. The van der Waals surface area contributed by atoms with Crippen molar-refractivity contribution < 1.29 is 0 Å². The maximum Gasteiger partial charge on any atom is 0.0449 e. The third-order valence-corrected chi connectivity index (χ3v) is 4.52. The summed E-state index contributed by atoms with van der Waals surface area (Å²) in [6.07, 6.45) is 0.888. The van der Waals surface area contributed by atoms with E-state index in [0.717, 1.165) is 39.6 Å². The molecular formula is C17H18BrCl2N. The molecule has 2 aromatic rings. The Kier molecular flexibility index (Phi) is 6.56. The molecule has 4 heteroatoms. The van der Waals surface area contributed by atoms with Crippen molar-refractivity contribution in [3.63, 3.8) is 0 Å². The van der Waals surface area contributed by atoms with Crippen molar-refractivity contribution in [3.8, 4) is 0 Å². The predicted octanol–water partition coefficient (Wildman–Crippen LogP) is 5.69. The summed E-state index contributed by atoms with van der Waals surface area (Å²) in [5, 5.41) is 4.99. The fourth-order valence-corrected chi connectivity index (χ4v) is 3.29. The molecule has 0 saturated carbocycles. The summed E-state index contributed by atoms with van der Waals surface area (Å²) in [7, 11) is 0. The molecule has 0 fully saturated rings.